The Hall–Kier alpha value is -0.0900. The Balaban J connectivity index is 3.42. The van der Waals surface area contributed by atoms with Crippen LogP contribution in [-0.2, 0) is 8.59 Å². The van der Waals surface area contributed by atoms with Crippen molar-refractivity contribution in [3.8, 4) is 0 Å². The first-order valence-corrected chi connectivity index (χ1v) is 5.13. The molecule has 0 unspecified atom stereocenters. The average molecular weight is 307 g/mol. The van der Waals surface area contributed by atoms with Gasteiger partial charge >= 0.3 is 0 Å². The van der Waals surface area contributed by atoms with Gasteiger partial charge in [0.15, 0.2) is 16.8 Å². The van der Waals surface area contributed by atoms with E-state index in [1.54, 1.807) is 0 Å². The Morgan fingerprint density at radius 1 is 1.20 bits per heavy atom. The van der Waals surface area contributed by atoms with Gasteiger partial charge in [-0.2, -0.15) is 0 Å². The fourth-order valence-electron chi connectivity index (χ4n) is 0.653. The molecule has 1 aromatic rings. The standard InChI is InChI=1S/C6Cl5N3O/c7-2-3(8)13-5(6(9,10)11)14-4(2)12-1-15. The third kappa shape index (κ3) is 3.18. The van der Waals surface area contributed by atoms with E-state index in [1.165, 1.54) is 6.08 Å². The van der Waals surface area contributed by atoms with Crippen molar-refractivity contribution < 1.29 is 4.79 Å². The molecule has 0 aliphatic heterocycles. The van der Waals surface area contributed by atoms with Crippen molar-refractivity contribution in [3.05, 3.63) is 16.0 Å². The molecule has 0 aromatic carbocycles. The van der Waals surface area contributed by atoms with Gasteiger partial charge in [0, 0.05) is 0 Å². The molecule has 0 N–H and O–H groups in total. The van der Waals surface area contributed by atoms with Crippen LogP contribution in [0.5, 0.6) is 0 Å². The fraction of sp³-hybridized carbons (Fsp3) is 0.167. The molecule has 1 rings (SSSR count). The minimum absolute atomic E-state index is 0.113. The summed E-state index contributed by atoms with van der Waals surface area (Å²) in [6.07, 6.45) is 1.24. The van der Waals surface area contributed by atoms with Crippen LogP contribution in [0, 0.1) is 0 Å². The number of hydrogen-bond acceptors (Lipinski definition) is 4. The van der Waals surface area contributed by atoms with Gasteiger partial charge in [0.25, 0.3) is 0 Å². The molecular formula is C6Cl5N3O. The highest BCUT2D eigenvalue weighted by Gasteiger charge is 2.28. The number of aromatic nitrogens is 2. The van der Waals surface area contributed by atoms with E-state index < -0.39 is 3.79 Å². The summed E-state index contributed by atoms with van der Waals surface area (Å²) in [5, 5.41) is -0.278. The van der Waals surface area contributed by atoms with E-state index in [1.807, 2.05) is 0 Å². The number of halogens is 5. The Kier molecular flexibility index (Phi) is 4.18. The number of alkyl halides is 3. The Bertz CT molecular complexity index is 437. The first-order valence-electron chi connectivity index (χ1n) is 3.24. The van der Waals surface area contributed by atoms with Crippen molar-refractivity contribution >= 4 is 69.9 Å². The molecule has 0 aliphatic carbocycles. The number of aliphatic imine (C=N–C) groups is 1. The lowest BCUT2D eigenvalue weighted by Gasteiger charge is -2.10. The Morgan fingerprint density at radius 2 is 1.80 bits per heavy atom. The lowest BCUT2D eigenvalue weighted by Crippen LogP contribution is -2.07. The zero-order chi connectivity index (χ0) is 11.6. The molecular weight excluding hydrogens is 307 g/mol. The lowest BCUT2D eigenvalue weighted by atomic mass is 10.5. The zero-order valence-corrected chi connectivity index (χ0v) is 10.4. The zero-order valence-electron chi connectivity index (χ0n) is 6.64. The fourth-order valence-corrected chi connectivity index (χ4v) is 1.20. The second-order valence-corrected chi connectivity index (χ2v) is 5.19. The van der Waals surface area contributed by atoms with Crippen LogP contribution in [0.15, 0.2) is 4.99 Å². The number of nitrogens with zero attached hydrogens (tertiary/aromatic N) is 3. The summed E-state index contributed by atoms with van der Waals surface area (Å²) in [5.74, 6) is -0.427. The average Bonchev–Trinajstić information content (AvgIpc) is 2.11. The van der Waals surface area contributed by atoms with E-state index in [4.69, 9.17) is 58.0 Å². The van der Waals surface area contributed by atoms with Crippen molar-refractivity contribution in [1.29, 1.82) is 0 Å². The lowest BCUT2D eigenvalue weighted by molar-refractivity contribution is 0.565. The third-order valence-electron chi connectivity index (χ3n) is 1.20. The van der Waals surface area contributed by atoms with Crippen molar-refractivity contribution in [2.75, 3.05) is 0 Å². The molecule has 80 valence electrons. The summed E-state index contributed by atoms with van der Waals surface area (Å²) in [6.45, 7) is 0. The number of isocyanates is 1. The van der Waals surface area contributed by atoms with Gasteiger partial charge < -0.3 is 0 Å². The molecule has 0 radical (unpaired) electrons. The maximum atomic E-state index is 10.0. The molecule has 0 amide bonds. The second kappa shape index (κ2) is 4.83. The summed E-state index contributed by atoms with van der Waals surface area (Å²) in [5.41, 5.74) is 0. The van der Waals surface area contributed by atoms with Gasteiger partial charge in [0.1, 0.15) is 5.02 Å². The molecule has 9 heteroatoms. The summed E-state index contributed by atoms with van der Waals surface area (Å²) in [6, 6.07) is 0. The second-order valence-electron chi connectivity index (χ2n) is 2.18. The maximum Gasteiger partial charge on any atom is 0.250 e. The molecule has 4 nitrogen and oxygen atoms in total. The van der Waals surface area contributed by atoms with Crippen molar-refractivity contribution in [2.45, 2.75) is 3.79 Å². The van der Waals surface area contributed by atoms with E-state index in [-0.39, 0.29) is 21.8 Å². The largest absolute Gasteiger partial charge is 0.250 e. The first-order chi connectivity index (χ1) is 6.86. The van der Waals surface area contributed by atoms with Crippen LogP contribution in [0.2, 0.25) is 10.2 Å². The number of rotatable bonds is 1. The van der Waals surface area contributed by atoms with Gasteiger partial charge in [-0.05, 0) is 0 Å². The highest BCUT2D eigenvalue weighted by Crippen LogP contribution is 2.39. The highest BCUT2D eigenvalue weighted by molar-refractivity contribution is 6.66. The van der Waals surface area contributed by atoms with Crippen LogP contribution in [0.25, 0.3) is 0 Å². The van der Waals surface area contributed by atoms with Crippen molar-refractivity contribution in [3.63, 3.8) is 0 Å². The molecule has 0 saturated heterocycles. The van der Waals surface area contributed by atoms with Gasteiger partial charge in [-0.15, -0.1) is 4.99 Å². The van der Waals surface area contributed by atoms with Crippen LogP contribution >= 0.6 is 58.0 Å². The van der Waals surface area contributed by atoms with E-state index in [0.29, 0.717) is 0 Å². The van der Waals surface area contributed by atoms with Crippen LogP contribution in [0.1, 0.15) is 5.82 Å². The molecule has 15 heavy (non-hydrogen) atoms. The minimum Gasteiger partial charge on any atom is -0.215 e. The molecule has 0 spiro atoms. The van der Waals surface area contributed by atoms with Crippen LogP contribution in [0.4, 0.5) is 5.82 Å². The summed E-state index contributed by atoms with van der Waals surface area (Å²) < 4.78 is -1.87. The van der Waals surface area contributed by atoms with Gasteiger partial charge in [0.2, 0.25) is 9.87 Å². The monoisotopic (exact) mass is 305 g/mol. The van der Waals surface area contributed by atoms with Gasteiger partial charge in [-0.25, -0.2) is 14.8 Å². The topological polar surface area (TPSA) is 55.2 Å². The molecule has 1 heterocycles. The summed E-state index contributed by atoms with van der Waals surface area (Å²) in [7, 11) is 0. The van der Waals surface area contributed by atoms with Gasteiger partial charge in [0.05, 0.1) is 0 Å². The van der Waals surface area contributed by atoms with E-state index in [0.717, 1.165) is 0 Å². The molecule has 0 aliphatic rings. The minimum atomic E-state index is -1.87. The van der Waals surface area contributed by atoms with Crippen LogP contribution in [-0.4, -0.2) is 16.0 Å². The maximum absolute atomic E-state index is 10.0. The van der Waals surface area contributed by atoms with Gasteiger partial charge in [-0.3, -0.25) is 0 Å². The smallest absolute Gasteiger partial charge is 0.215 e. The Labute approximate surface area is 109 Å². The molecule has 0 atom stereocenters. The quantitative estimate of drug-likeness (QED) is 0.345. The van der Waals surface area contributed by atoms with E-state index in [2.05, 4.69) is 15.0 Å². The Morgan fingerprint density at radius 3 is 2.27 bits per heavy atom. The highest BCUT2D eigenvalue weighted by atomic mass is 35.6. The van der Waals surface area contributed by atoms with Crippen molar-refractivity contribution in [1.82, 2.24) is 9.97 Å². The van der Waals surface area contributed by atoms with Crippen LogP contribution < -0.4 is 0 Å². The summed E-state index contributed by atoms with van der Waals surface area (Å²) >= 11 is 27.8. The van der Waals surface area contributed by atoms with E-state index >= 15 is 0 Å². The molecule has 0 fully saturated rings. The first kappa shape index (κ1) is 13.0. The number of carbonyl (C=O) groups excluding carboxylic acids is 1. The normalized spacial score (nSPS) is 11.0. The summed E-state index contributed by atoms with van der Waals surface area (Å²) in [4.78, 5) is 20.5. The van der Waals surface area contributed by atoms with Gasteiger partial charge in [-0.1, -0.05) is 58.0 Å². The SMILES string of the molecule is O=C=Nc1nc(C(Cl)(Cl)Cl)nc(Cl)c1Cl. The van der Waals surface area contributed by atoms with Crippen molar-refractivity contribution in [2.24, 2.45) is 4.99 Å². The predicted molar refractivity (Wildman–Crippen MR) is 59.1 cm³/mol. The van der Waals surface area contributed by atoms with Crippen LogP contribution in [0.3, 0.4) is 0 Å². The molecule has 1 aromatic heterocycles. The third-order valence-corrected chi connectivity index (χ3v) is 2.42. The molecule has 0 bridgehead atoms. The number of hydrogen-bond donors (Lipinski definition) is 0. The van der Waals surface area contributed by atoms with E-state index in [9.17, 15) is 4.79 Å². The molecule has 0 saturated carbocycles. The predicted octanol–water partition coefficient (Wildman–Crippen LogP) is 3.58.